The first-order valence-corrected chi connectivity index (χ1v) is 9.67. The van der Waals surface area contributed by atoms with Gasteiger partial charge in [0.15, 0.2) is 6.61 Å². The van der Waals surface area contributed by atoms with E-state index in [9.17, 15) is 32.9 Å². The maximum Gasteiger partial charge on any atom is 0.422 e. The molecular formula is C20H23F3N4O6. The summed E-state index contributed by atoms with van der Waals surface area (Å²) in [7, 11) is 0. The molecule has 0 aliphatic carbocycles. The van der Waals surface area contributed by atoms with Gasteiger partial charge >= 0.3 is 24.1 Å². The van der Waals surface area contributed by atoms with Crippen molar-refractivity contribution in [3.05, 3.63) is 51.7 Å². The number of alkyl halides is 3. The number of halogens is 3. The van der Waals surface area contributed by atoms with E-state index in [1.807, 2.05) is 0 Å². The van der Waals surface area contributed by atoms with Crippen molar-refractivity contribution in [2.24, 2.45) is 0 Å². The van der Waals surface area contributed by atoms with Crippen LogP contribution in [0.15, 0.2) is 30.5 Å². The van der Waals surface area contributed by atoms with Gasteiger partial charge in [0, 0.05) is 6.42 Å². The minimum atomic E-state index is -4.80. The number of carbonyl (C=O) groups is 2. The lowest BCUT2D eigenvalue weighted by Crippen LogP contribution is -2.46. The molecule has 0 spiro atoms. The second kappa shape index (κ2) is 9.88. The number of nitro groups is 1. The summed E-state index contributed by atoms with van der Waals surface area (Å²) in [6.45, 7) is 4.55. The molecule has 0 bridgehead atoms. The molecule has 1 heterocycles. The number of aryl methyl sites for hydroxylation is 1. The Morgan fingerprint density at radius 3 is 2.48 bits per heavy atom. The van der Waals surface area contributed by atoms with E-state index < -0.39 is 53.7 Å². The lowest BCUT2D eigenvalue weighted by atomic mass is 10.1. The number of aromatic nitrogens is 2. The van der Waals surface area contributed by atoms with Gasteiger partial charge in [-0.2, -0.15) is 13.2 Å². The third-order valence-electron chi connectivity index (χ3n) is 3.98. The van der Waals surface area contributed by atoms with E-state index in [-0.39, 0.29) is 5.56 Å². The van der Waals surface area contributed by atoms with Gasteiger partial charge < -0.3 is 24.9 Å². The normalized spacial score (nSPS) is 12.7. The van der Waals surface area contributed by atoms with Crippen LogP contribution in [-0.2, 0) is 20.7 Å². The maximum atomic E-state index is 12.5. The summed E-state index contributed by atoms with van der Waals surface area (Å²) in [5, 5.41) is 17.5. The van der Waals surface area contributed by atoms with Crippen molar-refractivity contribution < 1.29 is 37.2 Å². The van der Waals surface area contributed by atoms with Gasteiger partial charge in [-0.15, -0.1) is 4.68 Å². The van der Waals surface area contributed by atoms with E-state index in [2.05, 4.69) is 15.2 Å². The van der Waals surface area contributed by atoms with E-state index in [0.29, 0.717) is 5.69 Å². The smallest absolute Gasteiger partial charge is 0.422 e. The highest BCUT2D eigenvalue weighted by Crippen LogP contribution is 2.22. The summed E-state index contributed by atoms with van der Waals surface area (Å²) in [6, 6.07) is 5.16. The van der Waals surface area contributed by atoms with Gasteiger partial charge in [-0.3, -0.25) is 0 Å². The monoisotopic (exact) mass is 472 g/mol. The molecule has 0 saturated carbocycles. The Labute approximate surface area is 186 Å². The van der Waals surface area contributed by atoms with Gasteiger partial charge in [0.25, 0.3) is 0 Å². The number of esters is 1. The number of nitrogens with one attached hydrogen (secondary N) is 1. The second-order valence-electron chi connectivity index (χ2n) is 8.14. The number of hydrogen-bond acceptors (Lipinski definition) is 7. The molecule has 1 N–H and O–H groups in total. The standard InChI is InChI=1S/C20H23F3N4O6/c1-12-6-5-7-14(8-12)26-10-13(16(25-26)27(30)31)9-15(17(28)32-11-20(21,22)23)24-18(29)33-19(2,3)4/h5-8,10,15H,9,11H2,1-4H3,(H,24,29)/t15-/m0/s1. The summed E-state index contributed by atoms with van der Waals surface area (Å²) in [5.74, 6) is -2.06. The molecule has 0 radical (unpaired) electrons. The Bertz CT molecular complexity index is 1030. The molecule has 0 aliphatic rings. The van der Waals surface area contributed by atoms with Crippen LogP contribution in [0, 0.1) is 17.0 Å². The van der Waals surface area contributed by atoms with Gasteiger partial charge in [-0.25, -0.2) is 9.59 Å². The van der Waals surface area contributed by atoms with Gasteiger partial charge in [-0.05, 0) is 50.3 Å². The molecule has 0 aliphatic heterocycles. The van der Waals surface area contributed by atoms with Gasteiger partial charge in [0.2, 0.25) is 0 Å². The number of rotatable bonds is 7. The number of hydrogen-bond donors (Lipinski definition) is 1. The van der Waals surface area contributed by atoms with Crippen LogP contribution in [0.3, 0.4) is 0 Å². The van der Waals surface area contributed by atoms with Crippen LogP contribution in [-0.4, -0.2) is 51.2 Å². The zero-order valence-electron chi connectivity index (χ0n) is 18.3. The van der Waals surface area contributed by atoms with Gasteiger partial charge in [0.1, 0.15) is 11.6 Å². The predicted octanol–water partition coefficient (Wildman–Crippen LogP) is 3.63. The molecule has 0 fully saturated rings. The summed E-state index contributed by atoms with van der Waals surface area (Å²) >= 11 is 0. The summed E-state index contributed by atoms with van der Waals surface area (Å²) < 4.78 is 48.0. The first-order chi connectivity index (χ1) is 15.1. The van der Waals surface area contributed by atoms with E-state index in [1.165, 1.54) is 10.9 Å². The highest BCUT2D eigenvalue weighted by Gasteiger charge is 2.34. The van der Waals surface area contributed by atoms with Crippen LogP contribution in [0.2, 0.25) is 0 Å². The van der Waals surface area contributed by atoms with E-state index >= 15 is 0 Å². The summed E-state index contributed by atoms with van der Waals surface area (Å²) in [4.78, 5) is 35.1. The topological polar surface area (TPSA) is 126 Å². The average molecular weight is 472 g/mol. The third-order valence-corrected chi connectivity index (χ3v) is 3.98. The fraction of sp³-hybridized carbons (Fsp3) is 0.450. The second-order valence-corrected chi connectivity index (χ2v) is 8.14. The SMILES string of the molecule is Cc1cccc(-n2cc(C[C@H](NC(=O)OC(C)(C)C)C(=O)OCC(F)(F)F)c([N+](=O)[O-])n2)c1. The molecule has 0 saturated heterocycles. The molecule has 2 aromatic rings. The molecule has 180 valence electrons. The molecule has 1 atom stereocenters. The largest absolute Gasteiger partial charge is 0.454 e. The van der Waals surface area contributed by atoms with Crippen LogP contribution >= 0.6 is 0 Å². The molecule has 10 nitrogen and oxygen atoms in total. The van der Waals surface area contributed by atoms with Gasteiger partial charge in [-0.1, -0.05) is 12.1 Å². The van der Waals surface area contributed by atoms with Crippen LogP contribution in [0.25, 0.3) is 5.69 Å². The molecule has 1 aromatic heterocycles. The zero-order chi connectivity index (χ0) is 25.0. The first-order valence-electron chi connectivity index (χ1n) is 9.67. The number of ether oxygens (including phenoxy) is 2. The van der Waals surface area contributed by atoms with Crippen molar-refractivity contribution >= 4 is 17.9 Å². The third kappa shape index (κ3) is 8.09. The number of alkyl carbamates (subject to hydrolysis) is 1. The quantitative estimate of drug-likeness (QED) is 0.371. The van der Waals surface area contributed by atoms with Gasteiger partial charge in [0.05, 0.1) is 22.5 Å². The number of amides is 1. The highest BCUT2D eigenvalue weighted by atomic mass is 19.4. The molecule has 33 heavy (non-hydrogen) atoms. The van der Waals surface area contributed by atoms with Crippen LogP contribution in [0.5, 0.6) is 0 Å². The molecule has 1 aromatic carbocycles. The highest BCUT2D eigenvalue weighted by molar-refractivity contribution is 5.82. The maximum absolute atomic E-state index is 12.5. The van der Waals surface area contributed by atoms with Crippen molar-refractivity contribution in [3.8, 4) is 5.69 Å². The van der Waals surface area contributed by atoms with Crippen molar-refractivity contribution in [2.75, 3.05) is 6.61 Å². The van der Waals surface area contributed by atoms with Crippen molar-refractivity contribution in [3.63, 3.8) is 0 Å². The minimum absolute atomic E-state index is 0.105. The Hall–Kier alpha value is -3.64. The molecule has 1 amide bonds. The molecule has 2 rings (SSSR count). The van der Waals surface area contributed by atoms with E-state index in [1.54, 1.807) is 52.0 Å². The van der Waals surface area contributed by atoms with Crippen LogP contribution < -0.4 is 5.32 Å². The Morgan fingerprint density at radius 1 is 1.27 bits per heavy atom. The zero-order valence-corrected chi connectivity index (χ0v) is 18.3. The van der Waals surface area contributed by atoms with Crippen LogP contribution in [0.1, 0.15) is 31.9 Å². The minimum Gasteiger partial charge on any atom is -0.454 e. The molecular weight excluding hydrogens is 449 g/mol. The van der Waals surface area contributed by atoms with Crippen molar-refractivity contribution in [1.29, 1.82) is 0 Å². The Balaban J connectivity index is 2.35. The fourth-order valence-corrected chi connectivity index (χ4v) is 2.72. The Morgan fingerprint density at radius 2 is 1.94 bits per heavy atom. The lowest BCUT2D eigenvalue weighted by Gasteiger charge is -2.22. The van der Waals surface area contributed by atoms with Crippen LogP contribution in [0.4, 0.5) is 23.8 Å². The Kier molecular flexibility index (Phi) is 7.67. The predicted molar refractivity (Wildman–Crippen MR) is 109 cm³/mol. The van der Waals surface area contributed by atoms with E-state index in [4.69, 9.17) is 4.74 Å². The average Bonchev–Trinajstić information content (AvgIpc) is 3.07. The fourth-order valence-electron chi connectivity index (χ4n) is 2.72. The lowest BCUT2D eigenvalue weighted by molar-refractivity contribution is -0.390. The van der Waals surface area contributed by atoms with E-state index in [0.717, 1.165) is 5.56 Å². The number of benzene rings is 1. The first kappa shape index (κ1) is 25.6. The summed E-state index contributed by atoms with van der Waals surface area (Å²) in [5.41, 5.74) is 0.270. The van der Waals surface area contributed by atoms with Crippen molar-refractivity contribution in [2.45, 2.75) is 51.9 Å². The summed E-state index contributed by atoms with van der Waals surface area (Å²) in [6.07, 6.45) is -5.20. The van der Waals surface area contributed by atoms with Crippen molar-refractivity contribution in [1.82, 2.24) is 15.1 Å². The molecule has 0 unspecified atom stereocenters. The number of carbonyl (C=O) groups excluding carboxylic acids is 2. The number of nitrogens with zero attached hydrogens (tertiary/aromatic N) is 3. The molecule has 13 heteroatoms.